The van der Waals surface area contributed by atoms with Gasteiger partial charge in [0.25, 0.3) is 0 Å². The van der Waals surface area contributed by atoms with Crippen LogP contribution >= 0.6 is 11.6 Å². The largest absolute Gasteiger partial charge is 0.481 e. The van der Waals surface area contributed by atoms with E-state index in [1.165, 1.54) is 28.6 Å². The first kappa shape index (κ1) is 15.3. The predicted octanol–water partition coefficient (Wildman–Crippen LogP) is 2.07. The SMILES string of the molecule is CC1CC(C(=O)O)CN(S(=O)(=O)c2ccc(Cl)cc2)C1. The van der Waals surface area contributed by atoms with Crippen LogP contribution in [0.5, 0.6) is 0 Å². The van der Waals surface area contributed by atoms with Crippen LogP contribution in [0.4, 0.5) is 0 Å². The van der Waals surface area contributed by atoms with Crippen LogP contribution in [0.3, 0.4) is 0 Å². The topological polar surface area (TPSA) is 74.7 Å². The van der Waals surface area contributed by atoms with Crippen LogP contribution in [0.1, 0.15) is 13.3 Å². The highest BCUT2D eigenvalue weighted by Crippen LogP contribution is 2.27. The quantitative estimate of drug-likeness (QED) is 0.926. The summed E-state index contributed by atoms with van der Waals surface area (Å²) >= 11 is 5.75. The molecular formula is C13H16ClNO4S. The maximum Gasteiger partial charge on any atom is 0.307 e. The summed E-state index contributed by atoms with van der Waals surface area (Å²) in [7, 11) is -3.67. The van der Waals surface area contributed by atoms with E-state index in [1.54, 1.807) is 0 Å². The summed E-state index contributed by atoms with van der Waals surface area (Å²) in [5.41, 5.74) is 0. The molecular weight excluding hydrogens is 302 g/mol. The van der Waals surface area contributed by atoms with Crippen LogP contribution < -0.4 is 0 Å². The van der Waals surface area contributed by atoms with Gasteiger partial charge in [0.2, 0.25) is 10.0 Å². The fraction of sp³-hybridized carbons (Fsp3) is 0.462. The summed E-state index contributed by atoms with van der Waals surface area (Å²) in [6.45, 7) is 2.22. The molecule has 2 rings (SSSR count). The van der Waals surface area contributed by atoms with Gasteiger partial charge in [-0.2, -0.15) is 4.31 Å². The summed E-state index contributed by atoms with van der Waals surface area (Å²) in [4.78, 5) is 11.3. The lowest BCUT2D eigenvalue weighted by atomic mass is 9.92. The van der Waals surface area contributed by atoms with E-state index in [0.717, 1.165) is 0 Å². The van der Waals surface area contributed by atoms with Crippen molar-refractivity contribution in [3.8, 4) is 0 Å². The molecule has 1 fully saturated rings. The lowest BCUT2D eigenvalue weighted by Crippen LogP contribution is -2.45. The minimum absolute atomic E-state index is 0.0185. The molecule has 0 aromatic heterocycles. The van der Waals surface area contributed by atoms with E-state index < -0.39 is 21.9 Å². The molecule has 20 heavy (non-hydrogen) atoms. The van der Waals surface area contributed by atoms with E-state index in [9.17, 15) is 13.2 Å². The predicted molar refractivity (Wildman–Crippen MR) is 75.1 cm³/mol. The molecule has 0 bridgehead atoms. The number of carboxylic acid groups (broad SMARTS) is 1. The van der Waals surface area contributed by atoms with Gasteiger partial charge in [0.1, 0.15) is 0 Å². The van der Waals surface area contributed by atoms with Gasteiger partial charge in [0.15, 0.2) is 0 Å². The zero-order chi connectivity index (χ0) is 14.9. The molecule has 5 nitrogen and oxygen atoms in total. The number of rotatable bonds is 3. The average molecular weight is 318 g/mol. The van der Waals surface area contributed by atoms with Gasteiger partial charge in [-0.1, -0.05) is 18.5 Å². The highest BCUT2D eigenvalue weighted by atomic mass is 35.5. The third kappa shape index (κ3) is 3.13. The number of hydrogen-bond acceptors (Lipinski definition) is 3. The molecule has 1 aliphatic heterocycles. The molecule has 1 N–H and O–H groups in total. The van der Waals surface area contributed by atoms with E-state index >= 15 is 0 Å². The maximum absolute atomic E-state index is 12.5. The Morgan fingerprint density at radius 1 is 1.30 bits per heavy atom. The molecule has 0 saturated carbocycles. The molecule has 7 heteroatoms. The molecule has 1 saturated heterocycles. The van der Waals surface area contributed by atoms with Gasteiger partial charge in [-0.25, -0.2) is 8.42 Å². The van der Waals surface area contributed by atoms with Crippen molar-refractivity contribution < 1.29 is 18.3 Å². The van der Waals surface area contributed by atoms with E-state index in [0.29, 0.717) is 18.0 Å². The van der Waals surface area contributed by atoms with Crippen molar-refractivity contribution >= 4 is 27.6 Å². The number of sulfonamides is 1. The number of aliphatic carboxylic acids is 1. The van der Waals surface area contributed by atoms with Gasteiger partial charge in [-0.05, 0) is 36.6 Å². The van der Waals surface area contributed by atoms with Crippen molar-refractivity contribution in [2.45, 2.75) is 18.2 Å². The Morgan fingerprint density at radius 3 is 2.45 bits per heavy atom. The number of piperidine rings is 1. The zero-order valence-electron chi connectivity index (χ0n) is 11.0. The molecule has 1 aliphatic rings. The first-order chi connectivity index (χ1) is 9.30. The van der Waals surface area contributed by atoms with Crippen molar-refractivity contribution in [2.75, 3.05) is 13.1 Å². The summed E-state index contributed by atoms with van der Waals surface area (Å²) in [5.74, 6) is -1.58. The second kappa shape index (κ2) is 5.71. The number of hydrogen-bond donors (Lipinski definition) is 1. The highest BCUT2D eigenvalue weighted by Gasteiger charge is 2.36. The lowest BCUT2D eigenvalue weighted by Gasteiger charge is -2.33. The number of benzene rings is 1. The minimum atomic E-state index is -3.67. The van der Waals surface area contributed by atoms with Crippen LogP contribution in [-0.2, 0) is 14.8 Å². The fourth-order valence-corrected chi connectivity index (χ4v) is 4.16. The van der Waals surface area contributed by atoms with Gasteiger partial charge in [0.05, 0.1) is 10.8 Å². The number of nitrogens with zero attached hydrogens (tertiary/aromatic N) is 1. The van der Waals surface area contributed by atoms with E-state index in [-0.39, 0.29) is 17.4 Å². The van der Waals surface area contributed by atoms with Gasteiger partial charge < -0.3 is 5.11 Å². The third-order valence-electron chi connectivity index (χ3n) is 3.43. The maximum atomic E-state index is 12.5. The number of carboxylic acids is 1. The molecule has 1 aromatic carbocycles. The summed E-state index contributed by atoms with van der Waals surface area (Å²) in [6, 6.07) is 5.90. The highest BCUT2D eigenvalue weighted by molar-refractivity contribution is 7.89. The lowest BCUT2D eigenvalue weighted by molar-refractivity contribution is -0.143. The Bertz CT molecular complexity index is 599. The molecule has 110 valence electrons. The smallest absolute Gasteiger partial charge is 0.307 e. The van der Waals surface area contributed by atoms with E-state index in [1.807, 2.05) is 6.92 Å². The molecule has 2 atom stereocenters. The van der Waals surface area contributed by atoms with Crippen molar-refractivity contribution in [3.05, 3.63) is 29.3 Å². The molecule has 0 amide bonds. The number of halogens is 1. The molecule has 0 spiro atoms. The van der Waals surface area contributed by atoms with Crippen LogP contribution in [0.15, 0.2) is 29.2 Å². The average Bonchev–Trinajstić information content (AvgIpc) is 2.38. The van der Waals surface area contributed by atoms with Crippen molar-refractivity contribution in [3.63, 3.8) is 0 Å². The van der Waals surface area contributed by atoms with Crippen LogP contribution in [-0.4, -0.2) is 36.9 Å². The second-order valence-electron chi connectivity index (χ2n) is 5.15. The fourth-order valence-electron chi connectivity index (χ4n) is 2.43. The van der Waals surface area contributed by atoms with E-state index in [2.05, 4.69) is 0 Å². The Balaban J connectivity index is 2.28. The summed E-state index contributed by atoms with van der Waals surface area (Å²) in [6.07, 6.45) is 0.502. The van der Waals surface area contributed by atoms with Crippen LogP contribution in [0.25, 0.3) is 0 Å². The van der Waals surface area contributed by atoms with Crippen LogP contribution in [0, 0.1) is 11.8 Å². The van der Waals surface area contributed by atoms with Crippen molar-refractivity contribution in [1.82, 2.24) is 4.31 Å². The second-order valence-corrected chi connectivity index (χ2v) is 7.53. The Labute approximate surface area is 123 Å². The standard InChI is InChI=1S/C13H16ClNO4S/c1-9-6-10(13(16)17)8-15(7-9)20(18,19)12-4-2-11(14)3-5-12/h2-5,9-10H,6-8H2,1H3,(H,16,17). The summed E-state index contributed by atoms with van der Waals surface area (Å²) in [5, 5.41) is 9.57. The van der Waals surface area contributed by atoms with Crippen molar-refractivity contribution in [2.24, 2.45) is 11.8 Å². The van der Waals surface area contributed by atoms with Gasteiger partial charge in [0, 0.05) is 18.1 Å². The van der Waals surface area contributed by atoms with Gasteiger partial charge in [-0.15, -0.1) is 0 Å². The molecule has 2 unspecified atom stereocenters. The Kier molecular flexibility index (Phi) is 4.36. The Morgan fingerprint density at radius 2 is 1.90 bits per heavy atom. The summed E-state index contributed by atoms with van der Waals surface area (Å²) < 4.78 is 26.3. The molecule has 1 aromatic rings. The molecule has 1 heterocycles. The van der Waals surface area contributed by atoms with Crippen LogP contribution in [0.2, 0.25) is 5.02 Å². The number of carbonyl (C=O) groups is 1. The first-order valence-corrected chi connectivity index (χ1v) is 8.11. The monoisotopic (exact) mass is 317 g/mol. The first-order valence-electron chi connectivity index (χ1n) is 6.29. The minimum Gasteiger partial charge on any atom is -0.481 e. The van der Waals surface area contributed by atoms with E-state index in [4.69, 9.17) is 16.7 Å². The van der Waals surface area contributed by atoms with Gasteiger partial charge >= 0.3 is 5.97 Å². The Hall–Kier alpha value is -1.11. The van der Waals surface area contributed by atoms with Gasteiger partial charge in [-0.3, -0.25) is 4.79 Å². The third-order valence-corrected chi connectivity index (χ3v) is 5.52. The molecule has 0 radical (unpaired) electrons. The van der Waals surface area contributed by atoms with Crippen molar-refractivity contribution in [1.29, 1.82) is 0 Å². The zero-order valence-corrected chi connectivity index (χ0v) is 12.6. The molecule has 0 aliphatic carbocycles. The normalized spacial score (nSPS) is 24.5.